The van der Waals surface area contributed by atoms with Gasteiger partial charge in [-0.15, -0.1) is 0 Å². The summed E-state index contributed by atoms with van der Waals surface area (Å²) in [5.41, 5.74) is 8.13. The smallest absolute Gasteiger partial charge is 0.147 e. The molecule has 0 aliphatic carbocycles. The van der Waals surface area contributed by atoms with E-state index in [0.717, 1.165) is 56.0 Å². The number of pyridine rings is 1. The van der Waals surface area contributed by atoms with Crippen LogP contribution in [0.3, 0.4) is 0 Å². The van der Waals surface area contributed by atoms with Crippen LogP contribution in [-0.4, -0.2) is 37.3 Å². The number of anilines is 1. The second kappa shape index (κ2) is 7.39. The molecule has 2 rings (SSSR count). The first kappa shape index (κ1) is 15.7. The zero-order valence-electron chi connectivity index (χ0n) is 12.9. The van der Waals surface area contributed by atoms with E-state index >= 15 is 0 Å². The average molecular weight is 288 g/mol. The molecule has 1 aromatic heterocycles. The number of piperidine rings is 1. The zero-order chi connectivity index (χ0) is 15.2. The third-order valence-corrected chi connectivity index (χ3v) is 3.88. The van der Waals surface area contributed by atoms with Gasteiger partial charge in [-0.1, -0.05) is 0 Å². The summed E-state index contributed by atoms with van der Waals surface area (Å²) in [6.45, 7) is 7.14. The highest BCUT2D eigenvalue weighted by atomic mass is 16.5. The number of aromatic nitrogens is 1. The lowest BCUT2D eigenvalue weighted by Crippen LogP contribution is -2.38. The maximum absolute atomic E-state index is 9.36. The van der Waals surface area contributed by atoms with Crippen LogP contribution in [-0.2, 0) is 4.74 Å². The number of nitriles is 1. The molecular weight excluding hydrogens is 264 g/mol. The number of ether oxygens (including phenoxy) is 1. The summed E-state index contributed by atoms with van der Waals surface area (Å²) in [5, 5.41) is 9.36. The second-order valence-corrected chi connectivity index (χ2v) is 5.59. The van der Waals surface area contributed by atoms with Crippen LogP contribution in [0.1, 0.15) is 36.1 Å². The molecule has 2 N–H and O–H groups in total. The van der Waals surface area contributed by atoms with Crippen LogP contribution in [0.2, 0.25) is 0 Å². The third kappa shape index (κ3) is 3.93. The van der Waals surface area contributed by atoms with Crippen molar-refractivity contribution < 1.29 is 4.74 Å². The molecule has 1 fully saturated rings. The highest BCUT2D eigenvalue weighted by molar-refractivity contribution is 5.58. The molecule has 0 spiro atoms. The molecule has 21 heavy (non-hydrogen) atoms. The van der Waals surface area contributed by atoms with Crippen LogP contribution in [0.5, 0.6) is 0 Å². The van der Waals surface area contributed by atoms with E-state index in [1.807, 2.05) is 19.9 Å². The van der Waals surface area contributed by atoms with Crippen LogP contribution in [0, 0.1) is 25.2 Å². The fourth-order valence-corrected chi connectivity index (χ4v) is 2.75. The Bertz CT molecular complexity index is 516. The Kier molecular flexibility index (Phi) is 5.54. The maximum atomic E-state index is 9.36. The van der Waals surface area contributed by atoms with Crippen molar-refractivity contribution in [1.82, 2.24) is 4.98 Å². The molecule has 0 bridgehead atoms. The van der Waals surface area contributed by atoms with Gasteiger partial charge in [-0.25, -0.2) is 4.98 Å². The summed E-state index contributed by atoms with van der Waals surface area (Å²) >= 11 is 0. The zero-order valence-corrected chi connectivity index (χ0v) is 12.9. The van der Waals surface area contributed by atoms with Crippen LogP contribution in [0.25, 0.3) is 0 Å². The second-order valence-electron chi connectivity index (χ2n) is 5.59. The Hall–Kier alpha value is -1.64. The summed E-state index contributed by atoms with van der Waals surface area (Å²) in [4.78, 5) is 6.78. The highest BCUT2D eigenvalue weighted by Gasteiger charge is 2.23. The lowest BCUT2D eigenvalue weighted by atomic mass is 10.1. The number of nitrogens with zero attached hydrogens (tertiary/aromatic N) is 3. The Morgan fingerprint density at radius 2 is 2.14 bits per heavy atom. The molecule has 0 unspecified atom stereocenters. The van der Waals surface area contributed by atoms with Gasteiger partial charge in [0.25, 0.3) is 0 Å². The molecule has 5 nitrogen and oxygen atoms in total. The van der Waals surface area contributed by atoms with Gasteiger partial charge in [-0.2, -0.15) is 5.26 Å². The Balaban J connectivity index is 2.01. The average Bonchev–Trinajstić information content (AvgIpc) is 2.47. The van der Waals surface area contributed by atoms with Gasteiger partial charge in [0.2, 0.25) is 0 Å². The van der Waals surface area contributed by atoms with Crippen LogP contribution < -0.4 is 10.6 Å². The molecule has 114 valence electrons. The van der Waals surface area contributed by atoms with E-state index in [-0.39, 0.29) is 0 Å². The molecule has 0 radical (unpaired) electrons. The topological polar surface area (TPSA) is 75.2 Å². The van der Waals surface area contributed by atoms with Gasteiger partial charge >= 0.3 is 0 Å². The molecule has 0 aromatic carbocycles. The molecule has 0 atom stereocenters. The molecule has 0 amide bonds. The first-order valence-electron chi connectivity index (χ1n) is 7.60. The van der Waals surface area contributed by atoms with Crippen LogP contribution in [0.4, 0.5) is 5.82 Å². The van der Waals surface area contributed by atoms with Crippen molar-refractivity contribution in [3.05, 3.63) is 22.9 Å². The molecule has 1 saturated heterocycles. The molecule has 1 aromatic rings. The van der Waals surface area contributed by atoms with Gasteiger partial charge in [-0.05, 0) is 51.3 Å². The third-order valence-electron chi connectivity index (χ3n) is 3.88. The largest absolute Gasteiger partial charge is 0.378 e. The minimum Gasteiger partial charge on any atom is -0.378 e. The minimum atomic E-state index is 0.309. The van der Waals surface area contributed by atoms with E-state index in [1.54, 1.807) is 0 Å². The Labute approximate surface area is 126 Å². The molecule has 5 heteroatoms. The van der Waals surface area contributed by atoms with Crippen molar-refractivity contribution in [2.24, 2.45) is 5.73 Å². The van der Waals surface area contributed by atoms with Gasteiger partial charge in [0, 0.05) is 25.4 Å². The summed E-state index contributed by atoms with van der Waals surface area (Å²) in [7, 11) is 0. The molecule has 0 saturated carbocycles. The van der Waals surface area contributed by atoms with Gasteiger partial charge in [0.05, 0.1) is 11.7 Å². The number of hydrogen-bond donors (Lipinski definition) is 1. The van der Waals surface area contributed by atoms with Gasteiger partial charge in [0.15, 0.2) is 0 Å². The SMILES string of the molecule is Cc1cc(C)c(C#N)c(N2CCC(OCCCN)CC2)n1. The number of hydrogen-bond acceptors (Lipinski definition) is 5. The first-order valence-corrected chi connectivity index (χ1v) is 7.60. The molecule has 1 aliphatic heterocycles. The summed E-state index contributed by atoms with van der Waals surface area (Å²) in [5.74, 6) is 0.829. The van der Waals surface area contributed by atoms with Crippen molar-refractivity contribution in [2.45, 2.75) is 39.2 Å². The molecule has 2 heterocycles. The van der Waals surface area contributed by atoms with Crippen molar-refractivity contribution in [2.75, 3.05) is 31.1 Å². The fraction of sp³-hybridized carbons (Fsp3) is 0.625. The van der Waals surface area contributed by atoms with Crippen LogP contribution in [0.15, 0.2) is 6.07 Å². The maximum Gasteiger partial charge on any atom is 0.147 e. The van der Waals surface area contributed by atoms with E-state index in [0.29, 0.717) is 18.2 Å². The monoisotopic (exact) mass is 288 g/mol. The minimum absolute atomic E-state index is 0.309. The van der Waals surface area contributed by atoms with E-state index in [1.165, 1.54) is 0 Å². The van der Waals surface area contributed by atoms with Crippen molar-refractivity contribution in [3.8, 4) is 6.07 Å². The summed E-state index contributed by atoms with van der Waals surface area (Å²) in [6, 6.07) is 4.26. The van der Waals surface area contributed by atoms with Crippen molar-refractivity contribution in [1.29, 1.82) is 5.26 Å². The lowest BCUT2D eigenvalue weighted by Gasteiger charge is -2.33. The molecular formula is C16H24N4O. The van der Waals surface area contributed by atoms with Crippen molar-refractivity contribution >= 4 is 5.82 Å². The highest BCUT2D eigenvalue weighted by Crippen LogP contribution is 2.25. The van der Waals surface area contributed by atoms with Gasteiger partial charge in [0.1, 0.15) is 11.9 Å². The first-order chi connectivity index (χ1) is 10.2. The predicted octanol–water partition coefficient (Wildman–Crippen LogP) is 1.90. The normalized spacial score (nSPS) is 16.0. The van der Waals surface area contributed by atoms with E-state index in [9.17, 15) is 5.26 Å². The van der Waals surface area contributed by atoms with Gasteiger partial charge < -0.3 is 15.4 Å². The summed E-state index contributed by atoms with van der Waals surface area (Å²) < 4.78 is 5.82. The number of nitrogens with two attached hydrogens (primary N) is 1. The lowest BCUT2D eigenvalue weighted by molar-refractivity contribution is 0.0365. The van der Waals surface area contributed by atoms with Crippen molar-refractivity contribution in [3.63, 3.8) is 0 Å². The number of aryl methyl sites for hydroxylation is 2. The summed E-state index contributed by atoms with van der Waals surface area (Å²) in [6.07, 6.45) is 3.18. The fourth-order valence-electron chi connectivity index (χ4n) is 2.75. The Morgan fingerprint density at radius 1 is 1.43 bits per heavy atom. The van der Waals surface area contributed by atoms with Gasteiger partial charge in [-0.3, -0.25) is 0 Å². The quantitative estimate of drug-likeness (QED) is 0.838. The van der Waals surface area contributed by atoms with E-state index in [2.05, 4.69) is 16.0 Å². The number of rotatable bonds is 5. The standard InChI is InChI=1S/C16H24N4O/c1-12-10-13(2)19-16(15(12)11-18)20-7-4-14(5-8-20)21-9-3-6-17/h10,14H,3-9,17H2,1-2H3. The van der Waals surface area contributed by atoms with E-state index in [4.69, 9.17) is 10.5 Å². The predicted molar refractivity (Wildman–Crippen MR) is 83.3 cm³/mol. The Morgan fingerprint density at radius 3 is 2.76 bits per heavy atom. The van der Waals surface area contributed by atoms with Crippen LogP contribution >= 0.6 is 0 Å². The van der Waals surface area contributed by atoms with E-state index < -0.39 is 0 Å². The molecule has 1 aliphatic rings.